The van der Waals surface area contributed by atoms with Gasteiger partial charge in [-0.25, -0.2) is 14.5 Å². The number of nitrogens with one attached hydrogen (secondary N) is 1. The molecular weight excluding hydrogens is 539 g/mol. The lowest BCUT2D eigenvalue weighted by Gasteiger charge is -2.26. The Morgan fingerprint density at radius 1 is 1.19 bits per heavy atom. The molecule has 1 saturated heterocycles. The minimum absolute atomic E-state index is 0.213. The van der Waals surface area contributed by atoms with Crippen molar-refractivity contribution in [2.24, 2.45) is 0 Å². The van der Waals surface area contributed by atoms with Crippen LogP contribution in [0.4, 0.5) is 10.5 Å². The number of imide groups is 2. The van der Waals surface area contributed by atoms with Crippen LogP contribution in [0.3, 0.4) is 0 Å². The molecule has 0 aliphatic carbocycles. The van der Waals surface area contributed by atoms with Crippen molar-refractivity contribution in [3.8, 4) is 5.75 Å². The van der Waals surface area contributed by atoms with Gasteiger partial charge in [0.25, 0.3) is 11.8 Å². The van der Waals surface area contributed by atoms with E-state index in [9.17, 15) is 19.2 Å². The molecule has 31 heavy (non-hydrogen) atoms. The van der Waals surface area contributed by atoms with Gasteiger partial charge >= 0.3 is 12.0 Å². The quantitative estimate of drug-likeness (QED) is 0.263. The third-order valence-electron chi connectivity index (χ3n) is 4.36. The van der Waals surface area contributed by atoms with Gasteiger partial charge < -0.3 is 9.47 Å². The van der Waals surface area contributed by atoms with Gasteiger partial charge in [-0.05, 0) is 71.0 Å². The van der Waals surface area contributed by atoms with Crippen LogP contribution < -0.4 is 15.0 Å². The van der Waals surface area contributed by atoms with Gasteiger partial charge in [-0.1, -0.05) is 23.7 Å². The van der Waals surface area contributed by atoms with Crippen LogP contribution in [0, 0.1) is 10.5 Å². The Morgan fingerprint density at radius 2 is 1.94 bits per heavy atom. The third-order valence-corrected chi connectivity index (χ3v) is 5.61. The zero-order valence-electron chi connectivity index (χ0n) is 16.4. The summed E-state index contributed by atoms with van der Waals surface area (Å²) in [6, 6.07) is 8.77. The summed E-state index contributed by atoms with van der Waals surface area (Å²) < 4.78 is 10.6. The number of barbiturate groups is 1. The van der Waals surface area contributed by atoms with E-state index in [1.54, 1.807) is 37.3 Å². The summed E-state index contributed by atoms with van der Waals surface area (Å²) in [6.07, 6.45) is 1.37. The summed E-state index contributed by atoms with van der Waals surface area (Å²) in [5, 5.41) is 2.55. The van der Waals surface area contributed by atoms with Crippen LogP contribution in [0.5, 0.6) is 5.75 Å². The monoisotopic (exact) mass is 554 g/mol. The van der Waals surface area contributed by atoms with Crippen LogP contribution in [-0.4, -0.2) is 37.5 Å². The SMILES string of the molecule is COC(=O)COc1ccc(/C=C2/C(=O)NC(=O)N(c3ccc(C)c(Cl)c3)C2=O)cc1I. The van der Waals surface area contributed by atoms with E-state index in [4.69, 9.17) is 16.3 Å². The van der Waals surface area contributed by atoms with Crippen LogP contribution >= 0.6 is 34.2 Å². The van der Waals surface area contributed by atoms with Crippen LogP contribution in [0.2, 0.25) is 5.02 Å². The first-order valence-electron chi connectivity index (χ1n) is 8.88. The highest BCUT2D eigenvalue weighted by molar-refractivity contribution is 14.1. The largest absolute Gasteiger partial charge is 0.481 e. The summed E-state index contributed by atoms with van der Waals surface area (Å²) in [6.45, 7) is 1.54. The minimum Gasteiger partial charge on any atom is -0.481 e. The lowest BCUT2D eigenvalue weighted by Crippen LogP contribution is -2.54. The second-order valence-electron chi connectivity index (χ2n) is 6.45. The van der Waals surface area contributed by atoms with Gasteiger partial charge in [-0.3, -0.25) is 14.9 Å². The van der Waals surface area contributed by atoms with Crippen molar-refractivity contribution in [2.75, 3.05) is 18.6 Å². The Balaban J connectivity index is 1.90. The number of nitrogens with zero attached hydrogens (tertiary/aromatic N) is 1. The van der Waals surface area contributed by atoms with Crippen LogP contribution in [0.1, 0.15) is 11.1 Å². The first-order valence-corrected chi connectivity index (χ1v) is 10.3. The predicted octanol–water partition coefficient (Wildman–Crippen LogP) is 3.47. The van der Waals surface area contributed by atoms with Gasteiger partial charge in [-0.15, -0.1) is 0 Å². The van der Waals surface area contributed by atoms with E-state index in [-0.39, 0.29) is 17.9 Å². The van der Waals surface area contributed by atoms with Crippen LogP contribution in [0.15, 0.2) is 42.0 Å². The fraction of sp³-hybridized carbons (Fsp3) is 0.143. The highest BCUT2D eigenvalue weighted by Crippen LogP contribution is 2.28. The summed E-state index contributed by atoms with van der Waals surface area (Å²) in [5.74, 6) is -1.65. The average molecular weight is 555 g/mol. The summed E-state index contributed by atoms with van der Waals surface area (Å²) in [7, 11) is 1.26. The smallest absolute Gasteiger partial charge is 0.343 e. The molecule has 2 aromatic rings. The van der Waals surface area contributed by atoms with Gasteiger partial charge in [0, 0.05) is 5.02 Å². The van der Waals surface area contributed by atoms with Crippen molar-refractivity contribution in [3.63, 3.8) is 0 Å². The summed E-state index contributed by atoms with van der Waals surface area (Å²) in [4.78, 5) is 49.7. The van der Waals surface area contributed by atoms with Crippen molar-refractivity contribution in [1.82, 2.24) is 5.32 Å². The first-order chi connectivity index (χ1) is 14.7. The second-order valence-corrected chi connectivity index (χ2v) is 8.02. The van der Waals surface area contributed by atoms with Gasteiger partial charge in [0.05, 0.1) is 16.4 Å². The highest BCUT2D eigenvalue weighted by atomic mass is 127. The number of anilines is 1. The molecule has 0 radical (unpaired) electrons. The van der Waals surface area contributed by atoms with Gasteiger partial charge in [-0.2, -0.15) is 0 Å². The molecule has 10 heteroatoms. The van der Waals surface area contributed by atoms with E-state index in [0.717, 1.165) is 10.5 Å². The molecule has 160 valence electrons. The summed E-state index contributed by atoms with van der Waals surface area (Å²) >= 11 is 8.12. The van der Waals surface area contributed by atoms with E-state index < -0.39 is 23.8 Å². The molecule has 0 bridgehead atoms. The molecule has 1 aliphatic heterocycles. The average Bonchev–Trinajstić information content (AvgIpc) is 2.72. The van der Waals surface area contributed by atoms with Gasteiger partial charge in [0.15, 0.2) is 6.61 Å². The summed E-state index contributed by atoms with van der Waals surface area (Å²) in [5.41, 5.74) is 1.35. The molecule has 4 amide bonds. The number of urea groups is 1. The molecule has 0 saturated carbocycles. The third kappa shape index (κ3) is 5.05. The fourth-order valence-corrected chi connectivity index (χ4v) is 3.57. The number of rotatable bonds is 5. The number of carbonyl (C=O) groups excluding carboxylic acids is 4. The van der Waals surface area contributed by atoms with Crippen molar-refractivity contribution in [3.05, 3.63) is 61.7 Å². The number of ether oxygens (including phenoxy) is 2. The minimum atomic E-state index is -0.854. The maximum atomic E-state index is 13.0. The molecule has 1 N–H and O–H groups in total. The number of hydrogen-bond donors (Lipinski definition) is 1. The zero-order chi connectivity index (χ0) is 22.7. The Labute approximate surface area is 196 Å². The number of methoxy groups -OCH3 is 1. The molecule has 2 aromatic carbocycles. The molecule has 8 nitrogen and oxygen atoms in total. The molecule has 0 unspecified atom stereocenters. The predicted molar refractivity (Wildman–Crippen MR) is 122 cm³/mol. The number of hydrogen-bond acceptors (Lipinski definition) is 6. The molecule has 0 atom stereocenters. The number of esters is 1. The van der Waals surface area contributed by atoms with E-state index in [0.29, 0.717) is 19.9 Å². The second kappa shape index (κ2) is 9.48. The van der Waals surface area contributed by atoms with Gasteiger partial charge in [0.1, 0.15) is 11.3 Å². The standard InChI is InChI=1S/C21H16ClIN2O6/c1-11-3-5-13(9-15(11)22)25-20(28)14(19(27)24-21(25)29)7-12-4-6-17(16(23)8-12)31-10-18(26)30-2/h3-9H,10H2,1-2H3,(H,24,27,29)/b14-7-. The van der Waals surface area contributed by atoms with Crippen molar-refractivity contribution in [2.45, 2.75) is 6.92 Å². The van der Waals surface area contributed by atoms with Crippen molar-refractivity contribution >= 4 is 69.8 Å². The molecule has 1 aliphatic rings. The molecule has 3 rings (SSSR count). The van der Waals surface area contributed by atoms with E-state index in [2.05, 4.69) is 10.1 Å². The van der Waals surface area contributed by atoms with Gasteiger partial charge in [0.2, 0.25) is 0 Å². The Bertz CT molecular complexity index is 1130. The van der Waals surface area contributed by atoms with E-state index in [1.807, 2.05) is 22.6 Å². The normalized spacial score (nSPS) is 15.2. The Morgan fingerprint density at radius 3 is 2.58 bits per heavy atom. The Kier molecular flexibility index (Phi) is 6.96. The lowest BCUT2D eigenvalue weighted by atomic mass is 10.1. The lowest BCUT2D eigenvalue weighted by molar-refractivity contribution is -0.143. The first kappa shape index (κ1) is 22.8. The van der Waals surface area contributed by atoms with E-state index >= 15 is 0 Å². The number of benzene rings is 2. The van der Waals surface area contributed by atoms with Crippen molar-refractivity contribution in [1.29, 1.82) is 0 Å². The number of amides is 4. The molecule has 0 aromatic heterocycles. The maximum Gasteiger partial charge on any atom is 0.343 e. The van der Waals surface area contributed by atoms with E-state index in [1.165, 1.54) is 19.3 Å². The van der Waals surface area contributed by atoms with Crippen LogP contribution in [0.25, 0.3) is 6.08 Å². The topological polar surface area (TPSA) is 102 Å². The number of halogens is 2. The fourth-order valence-electron chi connectivity index (χ4n) is 2.70. The molecular formula is C21H16ClIN2O6. The highest BCUT2D eigenvalue weighted by Gasteiger charge is 2.37. The molecule has 1 heterocycles. The number of carbonyl (C=O) groups is 4. The van der Waals surface area contributed by atoms with Crippen LogP contribution in [-0.2, 0) is 19.1 Å². The molecule has 1 fully saturated rings. The zero-order valence-corrected chi connectivity index (χ0v) is 19.3. The maximum absolute atomic E-state index is 13.0. The molecule has 0 spiro atoms. The Hall–Kier alpha value is -2.92. The van der Waals surface area contributed by atoms with Crippen molar-refractivity contribution < 1.29 is 28.7 Å². The number of aryl methyl sites for hydroxylation is 1.